The Bertz CT molecular complexity index is 99.7. The molecule has 11 heavy (non-hydrogen) atoms. The second kappa shape index (κ2) is 8.09. The average molecular weight is 177 g/mol. The summed E-state index contributed by atoms with van der Waals surface area (Å²) in [6.07, 6.45) is 6.38. The van der Waals surface area contributed by atoms with Gasteiger partial charge in [0.2, 0.25) is 0 Å². The molecule has 0 fully saturated rings. The Morgan fingerprint density at radius 3 is 2.73 bits per heavy atom. The minimum atomic E-state index is 0.130. The molecule has 0 radical (unpaired) electrons. The molecular weight excluding hydrogens is 160 g/mol. The fourth-order valence-corrected chi connectivity index (χ4v) is 0.771. The minimum absolute atomic E-state index is 0.130. The molecule has 0 saturated carbocycles. The van der Waals surface area contributed by atoms with Crippen LogP contribution in [0.2, 0.25) is 0 Å². The van der Waals surface area contributed by atoms with Gasteiger partial charge in [-0.05, 0) is 19.8 Å². The van der Waals surface area contributed by atoms with Crippen LogP contribution in [0.4, 0.5) is 0 Å². The van der Waals surface area contributed by atoms with Crippen LogP contribution in [-0.4, -0.2) is 18.6 Å². The molecule has 0 amide bonds. The topological polar surface area (TPSA) is 9.23 Å². The Morgan fingerprint density at radius 1 is 1.45 bits per heavy atom. The van der Waals surface area contributed by atoms with Gasteiger partial charge in [-0.25, -0.2) is 0 Å². The van der Waals surface area contributed by atoms with Crippen LogP contribution < -0.4 is 0 Å². The third-order valence-corrected chi connectivity index (χ3v) is 1.30. The molecular formula is C9H17ClO. The Balaban J connectivity index is 2.96. The van der Waals surface area contributed by atoms with Crippen molar-refractivity contribution < 1.29 is 4.74 Å². The third kappa shape index (κ3) is 9.99. The van der Waals surface area contributed by atoms with Crippen LogP contribution in [0, 0.1) is 0 Å². The monoisotopic (exact) mass is 176 g/mol. The van der Waals surface area contributed by atoms with Crippen molar-refractivity contribution in [1.82, 2.24) is 0 Å². The number of halogens is 1. The van der Waals surface area contributed by atoms with Gasteiger partial charge in [0, 0.05) is 0 Å². The summed E-state index contributed by atoms with van der Waals surface area (Å²) in [7, 11) is 0. The van der Waals surface area contributed by atoms with Crippen molar-refractivity contribution in [3.8, 4) is 0 Å². The third-order valence-electron chi connectivity index (χ3n) is 1.18. The molecule has 0 N–H and O–H groups in total. The summed E-state index contributed by atoms with van der Waals surface area (Å²) in [6, 6.07) is 0. The molecule has 0 aliphatic carbocycles. The van der Waals surface area contributed by atoms with Crippen LogP contribution in [0.1, 0.15) is 26.7 Å². The summed E-state index contributed by atoms with van der Waals surface area (Å²) in [6.45, 7) is 5.50. The molecule has 0 saturated heterocycles. The molecule has 0 aromatic carbocycles. The molecule has 1 atom stereocenters. The van der Waals surface area contributed by atoms with E-state index in [2.05, 4.69) is 19.1 Å². The Morgan fingerprint density at radius 2 is 2.18 bits per heavy atom. The maximum atomic E-state index is 5.67. The maximum absolute atomic E-state index is 5.67. The second-order valence-corrected chi connectivity index (χ2v) is 3.27. The number of allylic oxidation sites excluding steroid dienone is 1. The highest BCUT2D eigenvalue weighted by atomic mass is 35.5. The van der Waals surface area contributed by atoms with Gasteiger partial charge in [0.05, 0.1) is 18.6 Å². The van der Waals surface area contributed by atoms with E-state index in [9.17, 15) is 0 Å². The highest BCUT2D eigenvalue weighted by Gasteiger charge is 1.93. The van der Waals surface area contributed by atoms with Crippen molar-refractivity contribution in [2.24, 2.45) is 0 Å². The van der Waals surface area contributed by atoms with E-state index in [0.717, 1.165) is 19.4 Å². The lowest BCUT2D eigenvalue weighted by Gasteiger charge is -2.02. The van der Waals surface area contributed by atoms with Crippen molar-refractivity contribution in [1.29, 1.82) is 0 Å². The number of alkyl halides is 1. The van der Waals surface area contributed by atoms with Crippen LogP contribution in [0.25, 0.3) is 0 Å². The summed E-state index contributed by atoms with van der Waals surface area (Å²) in [4.78, 5) is 0. The minimum Gasteiger partial charge on any atom is -0.380 e. The molecule has 1 unspecified atom stereocenters. The molecule has 0 aliphatic heterocycles. The van der Waals surface area contributed by atoms with Gasteiger partial charge in [-0.15, -0.1) is 11.6 Å². The molecule has 0 rings (SSSR count). The Kier molecular flexibility index (Phi) is 8.08. The number of hydrogen-bond acceptors (Lipinski definition) is 1. The molecule has 0 aromatic rings. The van der Waals surface area contributed by atoms with Crippen molar-refractivity contribution in [2.75, 3.05) is 13.2 Å². The predicted octanol–water partition coefficient (Wildman–Crippen LogP) is 2.99. The molecule has 0 aliphatic rings. The highest BCUT2D eigenvalue weighted by molar-refractivity contribution is 6.20. The van der Waals surface area contributed by atoms with Crippen LogP contribution in [0.15, 0.2) is 12.2 Å². The van der Waals surface area contributed by atoms with Gasteiger partial charge in [0.1, 0.15) is 0 Å². The van der Waals surface area contributed by atoms with E-state index in [0.29, 0.717) is 6.61 Å². The fourth-order valence-electron chi connectivity index (χ4n) is 0.682. The first-order valence-electron chi connectivity index (χ1n) is 4.14. The molecule has 0 heterocycles. The first-order valence-corrected chi connectivity index (χ1v) is 4.57. The van der Waals surface area contributed by atoms with E-state index >= 15 is 0 Å². The van der Waals surface area contributed by atoms with Crippen molar-refractivity contribution in [2.45, 2.75) is 32.1 Å². The summed E-state index contributed by atoms with van der Waals surface area (Å²) in [5, 5.41) is 0.130. The Hall–Kier alpha value is -0.0100. The number of ether oxygens (including phenoxy) is 1. The lowest BCUT2D eigenvalue weighted by molar-refractivity contribution is 0.141. The first-order chi connectivity index (χ1) is 5.27. The second-order valence-electron chi connectivity index (χ2n) is 2.52. The predicted molar refractivity (Wildman–Crippen MR) is 50.2 cm³/mol. The van der Waals surface area contributed by atoms with E-state index < -0.39 is 0 Å². The van der Waals surface area contributed by atoms with Gasteiger partial charge in [0.15, 0.2) is 0 Å². The molecule has 0 aromatic heterocycles. The van der Waals surface area contributed by atoms with E-state index in [1.54, 1.807) is 0 Å². The fraction of sp³-hybridized carbons (Fsp3) is 0.778. The quantitative estimate of drug-likeness (QED) is 0.344. The molecule has 0 spiro atoms. The number of rotatable bonds is 6. The van der Waals surface area contributed by atoms with Crippen LogP contribution in [0.5, 0.6) is 0 Å². The summed E-state index contributed by atoms with van der Waals surface area (Å²) in [5.74, 6) is 0. The lowest BCUT2D eigenvalue weighted by Crippen LogP contribution is -2.04. The van der Waals surface area contributed by atoms with E-state index in [4.69, 9.17) is 16.3 Å². The zero-order valence-electron chi connectivity index (χ0n) is 7.35. The first kappa shape index (κ1) is 11.0. The van der Waals surface area contributed by atoms with Crippen LogP contribution in [0.3, 0.4) is 0 Å². The number of hydrogen-bond donors (Lipinski definition) is 0. The molecule has 2 heteroatoms. The standard InChI is InChI=1S/C9H17ClO/c1-3-4-5-6-7-11-8-9(2)10/h4-5,9H,3,6-8H2,1-2H3. The van der Waals surface area contributed by atoms with Gasteiger partial charge < -0.3 is 4.74 Å². The summed E-state index contributed by atoms with van der Waals surface area (Å²) < 4.78 is 5.26. The lowest BCUT2D eigenvalue weighted by atomic mass is 10.3. The molecule has 0 bridgehead atoms. The van der Waals surface area contributed by atoms with Gasteiger partial charge in [-0.1, -0.05) is 19.1 Å². The van der Waals surface area contributed by atoms with Crippen LogP contribution >= 0.6 is 11.6 Å². The van der Waals surface area contributed by atoms with E-state index in [1.807, 2.05) is 6.92 Å². The zero-order valence-corrected chi connectivity index (χ0v) is 8.10. The van der Waals surface area contributed by atoms with E-state index in [-0.39, 0.29) is 5.38 Å². The SMILES string of the molecule is CCC=CCCOCC(C)Cl. The smallest absolute Gasteiger partial charge is 0.0627 e. The largest absolute Gasteiger partial charge is 0.380 e. The van der Waals surface area contributed by atoms with Gasteiger partial charge in [-0.3, -0.25) is 0 Å². The molecule has 66 valence electrons. The van der Waals surface area contributed by atoms with Crippen LogP contribution in [-0.2, 0) is 4.74 Å². The summed E-state index contributed by atoms with van der Waals surface area (Å²) >= 11 is 5.67. The normalized spacial score (nSPS) is 14.1. The average Bonchev–Trinajstić information content (AvgIpc) is 1.96. The van der Waals surface area contributed by atoms with Gasteiger partial charge >= 0.3 is 0 Å². The maximum Gasteiger partial charge on any atom is 0.0627 e. The Labute approximate surface area is 74.4 Å². The molecule has 1 nitrogen and oxygen atoms in total. The summed E-state index contributed by atoms with van der Waals surface area (Å²) in [5.41, 5.74) is 0. The van der Waals surface area contributed by atoms with Crippen molar-refractivity contribution in [3.63, 3.8) is 0 Å². The van der Waals surface area contributed by atoms with E-state index in [1.165, 1.54) is 0 Å². The van der Waals surface area contributed by atoms with Crippen molar-refractivity contribution >= 4 is 11.6 Å². The van der Waals surface area contributed by atoms with Gasteiger partial charge in [-0.2, -0.15) is 0 Å². The van der Waals surface area contributed by atoms with Gasteiger partial charge in [0.25, 0.3) is 0 Å². The zero-order chi connectivity index (χ0) is 8.53. The van der Waals surface area contributed by atoms with Crippen molar-refractivity contribution in [3.05, 3.63) is 12.2 Å². The highest BCUT2D eigenvalue weighted by Crippen LogP contribution is 1.95.